The van der Waals surface area contributed by atoms with Gasteiger partial charge < -0.3 is 10.2 Å². The van der Waals surface area contributed by atoms with Crippen molar-refractivity contribution < 1.29 is 9.59 Å². The van der Waals surface area contributed by atoms with Gasteiger partial charge in [0.05, 0.1) is 0 Å². The van der Waals surface area contributed by atoms with E-state index in [4.69, 9.17) is 0 Å². The fourth-order valence-corrected chi connectivity index (χ4v) is 2.43. The molecule has 1 aliphatic heterocycles. The molecule has 4 nitrogen and oxygen atoms in total. The van der Waals surface area contributed by atoms with E-state index in [9.17, 15) is 9.59 Å². The van der Waals surface area contributed by atoms with Crippen molar-refractivity contribution in [3.63, 3.8) is 0 Å². The Labute approximate surface area is 96.4 Å². The fraction of sp³-hybridized carbons (Fsp3) is 0.833. The van der Waals surface area contributed by atoms with Crippen molar-refractivity contribution in [2.45, 2.75) is 58.2 Å². The van der Waals surface area contributed by atoms with Crippen molar-refractivity contribution in [1.82, 2.24) is 10.2 Å². The Balaban J connectivity index is 2.19. The lowest BCUT2D eigenvalue weighted by molar-refractivity contribution is -0.154. The minimum absolute atomic E-state index is 0.00907. The van der Waals surface area contributed by atoms with Gasteiger partial charge in [-0.2, -0.15) is 0 Å². The van der Waals surface area contributed by atoms with E-state index in [0.717, 1.165) is 12.8 Å². The lowest BCUT2D eigenvalue weighted by atomic mass is 9.87. The second kappa shape index (κ2) is 4.07. The summed E-state index contributed by atoms with van der Waals surface area (Å²) < 4.78 is 0. The van der Waals surface area contributed by atoms with Gasteiger partial charge in [-0.1, -0.05) is 13.8 Å². The van der Waals surface area contributed by atoms with Crippen LogP contribution < -0.4 is 5.32 Å². The van der Waals surface area contributed by atoms with Gasteiger partial charge in [0.15, 0.2) is 0 Å². The summed E-state index contributed by atoms with van der Waals surface area (Å²) in [6, 6.07) is -0.327. The molecule has 1 aliphatic carbocycles. The van der Waals surface area contributed by atoms with Crippen LogP contribution in [0.15, 0.2) is 0 Å². The van der Waals surface area contributed by atoms with E-state index in [0.29, 0.717) is 6.04 Å². The summed E-state index contributed by atoms with van der Waals surface area (Å²) in [6.45, 7) is 5.76. The third-order valence-corrected chi connectivity index (χ3v) is 3.75. The molecule has 2 atom stereocenters. The average molecular weight is 224 g/mol. The van der Waals surface area contributed by atoms with E-state index in [1.54, 1.807) is 0 Å². The molecule has 2 aliphatic rings. The number of nitrogens with one attached hydrogen (secondary N) is 1. The van der Waals surface area contributed by atoms with Crippen LogP contribution in [0.4, 0.5) is 0 Å². The van der Waals surface area contributed by atoms with Gasteiger partial charge in [-0.05, 0) is 32.1 Å². The van der Waals surface area contributed by atoms with E-state index < -0.39 is 0 Å². The Morgan fingerprint density at radius 2 is 1.94 bits per heavy atom. The molecule has 0 aromatic rings. The number of amides is 2. The number of hydrogen-bond acceptors (Lipinski definition) is 2. The van der Waals surface area contributed by atoms with Crippen LogP contribution >= 0.6 is 0 Å². The maximum absolute atomic E-state index is 12.3. The molecule has 16 heavy (non-hydrogen) atoms. The molecule has 1 saturated heterocycles. The van der Waals surface area contributed by atoms with E-state index in [1.807, 2.05) is 25.7 Å². The van der Waals surface area contributed by atoms with Crippen LogP contribution in [0.3, 0.4) is 0 Å². The molecule has 2 amide bonds. The highest BCUT2D eigenvalue weighted by Gasteiger charge is 2.43. The summed E-state index contributed by atoms with van der Waals surface area (Å²) in [5.41, 5.74) is 0. The Morgan fingerprint density at radius 1 is 1.31 bits per heavy atom. The van der Waals surface area contributed by atoms with Gasteiger partial charge in [0, 0.05) is 6.04 Å². The van der Waals surface area contributed by atoms with Crippen LogP contribution in [0.5, 0.6) is 0 Å². The lowest BCUT2D eigenvalue weighted by Gasteiger charge is -2.46. The molecule has 1 N–H and O–H groups in total. The zero-order chi connectivity index (χ0) is 11.9. The van der Waals surface area contributed by atoms with Crippen molar-refractivity contribution in [3.8, 4) is 0 Å². The highest BCUT2D eigenvalue weighted by molar-refractivity contribution is 5.97. The van der Waals surface area contributed by atoms with Crippen molar-refractivity contribution in [3.05, 3.63) is 0 Å². The Morgan fingerprint density at radius 3 is 2.38 bits per heavy atom. The maximum atomic E-state index is 12.3. The number of carbonyl (C=O) groups excluding carboxylic acids is 2. The monoisotopic (exact) mass is 224 g/mol. The molecule has 0 spiro atoms. The highest BCUT2D eigenvalue weighted by atomic mass is 16.2. The molecular weight excluding hydrogens is 204 g/mol. The largest absolute Gasteiger partial charge is 0.342 e. The highest BCUT2D eigenvalue weighted by Crippen LogP contribution is 2.29. The van der Waals surface area contributed by atoms with E-state index >= 15 is 0 Å². The normalized spacial score (nSPS) is 31.6. The second-order valence-corrected chi connectivity index (χ2v) is 5.24. The van der Waals surface area contributed by atoms with Crippen LogP contribution in [0.2, 0.25) is 0 Å². The van der Waals surface area contributed by atoms with E-state index in [-0.39, 0.29) is 29.8 Å². The molecule has 90 valence electrons. The number of nitrogens with zero attached hydrogens (tertiary/aromatic N) is 1. The van der Waals surface area contributed by atoms with E-state index in [2.05, 4.69) is 5.32 Å². The number of carbonyl (C=O) groups is 2. The third kappa shape index (κ3) is 1.70. The smallest absolute Gasteiger partial charge is 0.246 e. The second-order valence-electron chi connectivity index (χ2n) is 5.24. The Hall–Kier alpha value is -1.06. The number of piperazine rings is 1. The van der Waals surface area contributed by atoms with Gasteiger partial charge in [0.1, 0.15) is 12.1 Å². The lowest BCUT2D eigenvalue weighted by Crippen LogP contribution is -2.67. The summed E-state index contributed by atoms with van der Waals surface area (Å²) >= 11 is 0. The standard InChI is InChI=1S/C12H20N2O2/c1-7(2)10-12(16)14(9-5-4-6-9)8(3)11(15)13-10/h7-10H,4-6H2,1-3H3,(H,13,15). The predicted octanol–water partition coefficient (Wildman–Crippen LogP) is 0.910. The van der Waals surface area contributed by atoms with Gasteiger partial charge in [-0.15, -0.1) is 0 Å². The van der Waals surface area contributed by atoms with Crippen molar-refractivity contribution in [1.29, 1.82) is 0 Å². The molecule has 0 radical (unpaired) electrons. The molecule has 2 rings (SSSR count). The molecule has 0 bridgehead atoms. The summed E-state index contributed by atoms with van der Waals surface area (Å²) in [7, 11) is 0. The SMILES string of the molecule is CC(C)C1NC(=O)C(C)N(C2CCC2)C1=O. The van der Waals surface area contributed by atoms with Gasteiger partial charge in [-0.25, -0.2) is 0 Å². The first-order valence-electron chi connectivity index (χ1n) is 6.15. The molecule has 2 fully saturated rings. The predicted molar refractivity (Wildman–Crippen MR) is 60.7 cm³/mol. The topological polar surface area (TPSA) is 49.4 Å². The first-order chi connectivity index (χ1) is 7.52. The maximum Gasteiger partial charge on any atom is 0.246 e. The Bertz CT molecular complexity index is 310. The molecular formula is C12H20N2O2. The average Bonchev–Trinajstić information content (AvgIpc) is 2.14. The van der Waals surface area contributed by atoms with E-state index in [1.165, 1.54) is 6.42 Å². The van der Waals surface area contributed by atoms with Crippen molar-refractivity contribution in [2.75, 3.05) is 0 Å². The summed E-state index contributed by atoms with van der Waals surface area (Å²) in [4.78, 5) is 25.9. The van der Waals surface area contributed by atoms with Crippen LogP contribution in [0.1, 0.15) is 40.0 Å². The summed E-state index contributed by atoms with van der Waals surface area (Å²) in [5.74, 6) is 0.253. The minimum Gasteiger partial charge on any atom is -0.342 e. The van der Waals surface area contributed by atoms with Crippen LogP contribution in [0.25, 0.3) is 0 Å². The van der Waals surface area contributed by atoms with Crippen LogP contribution in [-0.4, -0.2) is 34.8 Å². The summed E-state index contributed by atoms with van der Waals surface area (Å²) in [5, 5.41) is 2.82. The fourth-order valence-electron chi connectivity index (χ4n) is 2.43. The third-order valence-electron chi connectivity index (χ3n) is 3.75. The summed E-state index contributed by atoms with van der Waals surface area (Å²) in [6.07, 6.45) is 3.28. The van der Waals surface area contributed by atoms with Crippen molar-refractivity contribution >= 4 is 11.8 Å². The zero-order valence-electron chi connectivity index (χ0n) is 10.2. The molecule has 1 saturated carbocycles. The van der Waals surface area contributed by atoms with Gasteiger partial charge in [-0.3, -0.25) is 9.59 Å². The molecule has 0 aromatic carbocycles. The molecule has 1 heterocycles. The molecule has 2 unspecified atom stereocenters. The number of hydrogen-bond donors (Lipinski definition) is 1. The molecule has 4 heteroatoms. The van der Waals surface area contributed by atoms with Gasteiger partial charge in [0.2, 0.25) is 11.8 Å². The zero-order valence-corrected chi connectivity index (χ0v) is 10.2. The quantitative estimate of drug-likeness (QED) is 0.758. The first-order valence-corrected chi connectivity index (χ1v) is 6.15. The van der Waals surface area contributed by atoms with Crippen LogP contribution in [0, 0.1) is 5.92 Å². The van der Waals surface area contributed by atoms with Gasteiger partial charge in [0.25, 0.3) is 0 Å². The molecule has 0 aromatic heterocycles. The minimum atomic E-state index is -0.329. The Kier molecular flexibility index (Phi) is 2.91. The number of rotatable bonds is 2. The van der Waals surface area contributed by atoms with Gasteiger partial charge >= 0.3 is 0 Å². The first kappa shape index (κ1) is 11.4. The van der Waals surface area contributed by atoms with Crippen LogP contribution in [-0.2, 0) is 9.59 Å². The van der Waals surface area contributed by atoms with Crippen molar-refractivity contribution in [2.24, 2.45) is 5.92 Å².